The first-order valence-corrected chi connectivity index (χ1v) is 10.5. The van der Waals surface area contributed by atoms with Crippen molar-refractivity contribution in [3.8, 4) is 34.2 Å². The molecule has 32 heavy (non-hydrogen) atoms. The Morgan fingerprint density at radius 2 is 1.25 bits per heavy atom. The lowest BCUT2D eigenvalue weighted by Gasteiger charge is -2.09. The second-order valence-corrected chi connectivity index (χ2v) is 7.14. The molecule has 4 rings (SSSR count). The molecular weight excluding hydrogens is 414 g/mol. The first-order valence-electron chi connectivity index (χ1n) is 10.1. The molecule has 4 heteroatoms. The lowest BCUT2D eigenvalue weighted by atomic mass is 10.0. The number of nitrogens with zero attached hydrogens (tertiary/aromatic N) is 3. The van der Waals surface area contributed by atoms with Crippen molar-refractivity contribution >= 4 is 17.2 Å². The van der Waals surface area contributed by atoms with Crippen molar-refractivity contribution in [2.75, 3.05) is 0 Å². The van der Waals surface area contributed by atoms with E-state index in [1.54, 1.807) is 0 Å². The van der Waals surface area contributed by atoms with Crippen LogP contribution in [0.2, 0.25) is 5.02 Å². The zero-order valence-corrected chi connectivity index (χ0v) is 18.8. The molecule has 0 saturated heterocycles. The zero-order chi connectivity index (χ0) is 22.9. The zero-order valence-electron chi connectivity index (χ0n) is 18.0. The van der Waals surface area contributed by atoms with E-state index in [0.29, 0.717) is 22.5 Å². The predicted octanol–water partition coefficient (Wildman–Crippen LogP) is 7.92. The smallest absolute Gasteiger partial charge is 0.164 e. The van der Waals surface area contributed by atoms with E-state index in [1.165, 1.54) is 0 Å². The number of benzene rings is 3. The van der Waals surface area contributed by atoms with E-state index < -0.39 is 0 Å². The fraction of sp³-hybridized carbons (Fsp3) is 0.0357. The number of halogens is 1. The van der Waals surface area contributed by atoms with Gasteiger partial charge in [0, 0.05) is 21.7 Å². The summed E-state index contributed by atoms with van der Waals surface area (Å²) in [5.74, 6) is 1.83. The summed E-state index contributed by atoms with van der Waals surface area (Å²) < 4.78 is 0. The summed E-state index contributed by atoms with van der Waals surface area (Å²) in [5, 5.41) is 0.642. The number of hydrogen-bond donors (Lipinski definition) is 0. The molecule has 0 bridgehead atoms. The van der Waals surface area contributed by atoms with Crippen LogP contribution < -0.4 is 0 Å². The van der Waals surface area contributed by atoms with Gasteiger partial charge in [-0.1, -0.05) is 97.1 Å². The van der Waals surface area contributed by atoms with Crippen molar-refractivity contribution < 1.29 is 0 Å². The molecule has 0 atom stereocenters. The first-order chi connectivity index (χ1) is 15.7. The topological polar surface area (TPSA) is 38.7 Å². The fourth-order valence-corrected chi connectivity index (χ4v) is 3.38. The van der Waals surface area contributed by atoms with Crippen molar-refractivity contribution in [1.29, 1.82) is 0 Å². The van der Waals surface area contributed by atoms with Gasteiger partial charge in [-0.3, -0.25) is 0 Å². The van der Waals surface area contributed by atoms with Gasteiger partial charge in [0.2, 0.25) is 0 Å². The van der Waals surface area contributed by atoms with Crippen molar-refractivity contribution in [3.63, 3.8) is 0 Å². The monoisotopic (exact) mass is 437 g/mol. The second kappa shape index (κ2) is 11.0. The molecule has 4 aromatic rings. The third kappa shape index (κ3) is 5.26. The molecule has 0 saturated carbocycles. The van der Waals surface area contributed by atoms with Crippen LogP contribution in [0.1, 0.15) is 12.5 Å². The summed E-state index contributed by atoms with van der Waals surface area (Å²) in [4.78, 5) is 14.2. The van der Waals surface area contributed by atoms with E-state index in [0.717, 1.165) is 27.8 Å². The van der Waals surface area contributed by atoms with Gasteiger partial charge in [0.1, 0.15) is 0 Å². The maximum absolute atomic E-state index is 6.20. The van der Waals surface area contributed by atoms with Crippen LogP contribution in [-0.4, -0.2) is 15.0 Å². The van der Waals surface area contributed by atoms with E-state index in [4.69, 9.17) is 26.6 Å². The Kier molecular flexibility index (Phi) is 7.85. The van der Waals surface area contributed by atoms with Crippen molar-refractivity contribution in [3.05, 3.63) is 121 Å². The van der Waals surface area contributed by atoms with Gasteiger partial charge in [0.15, 0.2) is 17.5 Å². The third-order valence-corrected chi connectivity index (χ3v) is 4.99. The SMILES string of the molecule is C=C.C=C/C(=C\C)c1ccc(-c2nc(-c3ccccc3)nc(-c3cccc(Cl)c3)n2)cc1. The van der Waals surface area contributed by atoms with Crippen LogP contribution >= 0.6 is 11.6 Å². The van der Waals surface area contributed by atoms with Crippen LogP contribution in [0.4, 0.5) is 0 Å². The van der Waals surface area contributed by atoms with Gasteiger partial charge in [-0.25, -0.2) is 15.0 Å². The highest BCUT2D eigenvalue weighted by atomic mass is 35.5. The van der Waals surface area contributed by atoms with Crippen LogP contribution in [0.25, 0.3) is 39.7 Å². The number of aromatic nitrogens is 3. The number of hydrogen-bond acceptors (Lipinski definition) is 3. The lowest BCUT2D eigenvalue weighted by molar-refractivity contribution is 1.07. The Morgan fingerprint density at radius 1 is 0.719 bits per heavy atom. The first kappa shape index (κ1) is 22.9. The van der Waals surface area contributed by atoms with E-state index in [2.05, 4.69) is 31.9 Å². The van der Waals surface area contributed by atoms with Gasteiger partial charge in [-0.2, -0.15) is 0 Å². The van der Waals surface area contributed by atoms with Crippen LogP contribution in [0.5, 0.6) is 0 Å². The average molecular weight is 438 g/mol. The molecule has 1 aromatic heterocycles. The van der Waals surface area contributed by atoms with Crippen LogP contribution in [0, 0.1) is 0 Å². The van der Waals surface area contributed by atoms with Crippen molar-refractivity contribution in [2.24, 2.45) is 0 Å². The van der Waals surface area contributed by atoms with Crippen LogP contribution in [0.15, 0.2) is 111 Å². The summed E-state index contributed by atoms with van der Waals surface area (Å²) in [6.45, 7) is 11.9. The van der Waals surface area contributed by atoms with Gasteiger partial charge >= 0.3 is 0 Å². The van der Waals surface area contributed by atoms with E-state index in [9.17, 15) is 0 Å². The molecule has 0 fully saturated rings. The quantitative estimate of drug-likeness (QED) is 0.235. The van der Waals surface area contributed by atoms with Crippen molar-refractivity contribution in [1.82, 2.24) is 15.0 Å². The molecule has 0 aliphatic rings. The van der Waals surface area contributed by atoms with Gasteiger partial charge in [-0.15, -0.1) is 13.2 Å². The van der Waals surface area contributed by atoms with Gasteiger partial charge in [0.25, 0.3) is 0 Å². The molecule has 0 aliphatic carbocycles. The standard InChI is InChI=1S/C26H20ClN3.C2H4/c1-3-18(4-2)19-13-15-21(16-14-19)25-28-24(20-9-6-5-7-10-20)29-26(30-25)22-11-8-12-23(27)17-22;1-2/h3-17H,1H2,2H3;1-2H2/b18-4+;. The molecule has 0 amide bonds. The molecule has 1 heterocycles. The van der Waals surface area contributed by atoms with Crippen LogP contribution in [-0.2, 0) is 0 Å². The Hall–Kier alpha value is -3.82. The second-order valence-electron chi connectivity index (χ2n) is 6.71. The molecule has 3 aromatic carbocycles. The van der Waals surface area contributed by atoms with Crippen molar-refractivity contribution in [2.45, 2.75) is 6.92 Å². The summed E-state index contributed by atoms with van der Waals surface area (Å²) >= 11 is 6.20. The highest BCUT2D eigenvalue weighted by Gasteiger charge is 2.12. The molecular formula is C28H24ClN3. The minimum absolute atomic E-state index is 0.589. The third-order valence-electron chi connectivity index (χ3n) is 4.76. The largest absolute Gasteiger partial charge is 0.208 e. The predicted molar refractivity (Wildman–Crippen MR) is 136 cm³/mol. The Balaban J connectivity index is 0.00000141. The summed E-state index contributed by atoms with van der Waals surface area (Å²) in [7, 11) is 0. The number of rotatable bonds is 5. The average Bonchev–Trinajstić information content (AvgIpc) is 2.87. The van der Waals surface area contributed by atoms with E-state index >= 15 is 0 Å². The van der Waals surface area contributed by atoms with Gasteiger partial charge in [0.05, 0.1) is 0 Å². The highest BCUT2D eigenvalue weighted by molar-refractivity contribution is 6.30. The molecule has 0 aliphatic heterocycles. The highest BCUT2D eigenvalue weighted by Crippen LogP contribution is 2.27. The maximum atomic E-state index is 6.20. The number of allylic oxidation sites excluding steroid dienone is 3. The summed E-state index contributed by atoms with van der Waals surface area (Å²) in [6.07, 6.45) is 3.89. The van der Waals surface area contributed by atoms with Gasteiger partial charge < -0.3 is 0 Å². The molecule has 0 N–H and O–H groups in total. The van der Waals surface area contributed by atoms with Crippen LogP contribution in [0.3, 0.4) is 0 Å². The fourth-order valence-electron chi connectivity index (χ4n) is 3.19. The Morgan fingerprint density at radius 3 is 1.78 bits per heavy atom. The molecule has 0 spiro atoms. The summed E-state index contributed by atoms with van der Waals surface area (Å²) in [5.41, 5.74) is 4.89. The van der Waals surface area contributed by atoms with E-state index in [-0.39, 0.29) is 0 Å². The minimum atomic E-state index is 0.589. The molecule has 158 valence electrons. The Bertz CT molecular complexity index is 1230. The summed E-state index contributed by atoms with van der Waals surface area (Å²) in [6, 6.07) is 25.6. The lowest BCUT2D eigenvalue weighted by Crippen LogP contribution is -2.00. The normalized spacial score (nSPS) is 10.8. The maximum Gasteiger partial charge on any atom is 0.164 e. The van der Waals surface area contributed by atoms with E-state index in [1.807, 2.05) is 85.8 Å². The minimum Gasteiger partial charge on any atom is -0.208 e. The molecule has 0 unspecified atom stereocenters. The van der Waals surface area contributed by atoms with Gasteiger partial charge in [-0.05, 0) is 30.2 Å². The molecule has 0 radical (unpaired) electrons. The Labute approximate surface area is 194 Å². The molecule has 3 nitrogen and oxygen atoms in total.